The fourth-order valence-corrected chi connectivity index (χ4v) is 3.35. The van der Waals surface area contributed by atoms with Gasteiger partial charge < -0.3 is 10.6 Å². The first-order chi connectivity index (χ1) is 10.8. The summed E-state index contributed by atoms with van der Waals surface area (Å²) in [4.78, 5) is 14.5. The van der Waals surface area contributed by atoms with Crippen molar-refractivity contribution in [3.05, 3.63) is 35.4 Å². The molecule has 1 unspecified atom stereocenters. The summed E-state index contributed by atoms with van der Waals surface area (Å²) in [6.07, 6.45) is 5.01. The van der Waals surface area contributed by atoms with Crippen LogP contribution < -0.4 is 10.6 Å². The monoisotopic (exact) mass is 301 g/mol. The molecule has 0 aliphatic carbocycles. The van der Waals surface area contributed by atoms with Gasteiger partial charge in [0.05, 0.1) is 5.92 Å². The summed E-state index contributed by atoms with van der Waals surface area (Å²) in [6.45, 7) is 5.93. The molecule has 1 aromatic rings. The Bertz CT molecular complexity index is 474. The number of benzene rings is 1. The summed E-state index contributed by atoms with van der Waals surface area (Å²) in [7, 11) is 0. The molecule has 120 valence electrons. The first-order valence-electron chi connectivity index (χ1n) is 8.60. The van der Waals surface area contributed by atoms with Gasteiger partial charge in [-0.2, -0.15) is 0 Å². The molecule has 0 saturated carbocycles. The molecule has 0 radical (unpaired) electrons. The van der Waals surface area contributed by atoms with Crippen LogP contribution in [0.25, 0.3) is 0 Å². The van der Waals surface area contributed by atoms with Crippen molar-refractivity contribution in [2.75, 3.05) is 26.2 Å². The van der Waals surface area contributed by atoms with E-state index in [-0.39, 0.29) is 11.8 Å². The molecule has 2 saturated heterocycles. The fourth-order valence-electron chi connectivity index (χ4n) is 3.35. The molecule has 1 amide bonds. The van der Waals surface area contributed by atoms with E-state index in [1.807, 2.05) is 0 Å². The van der Waals surface area contributed by atoms with Gasteiger partial charge in [-0.1, -0.05) is 30.7 Å². The molecule has 2 fully saturated rings. The average Bonchev–Trinajstić information content (AvgIpc) is 3.09. The molecular weight excluding hydrogens is 274 g/mol. The lowest BCUT2D eigenvalue weighted by Gasteiger charge is -2.26. The van der Waals surface area contributed by atoms with Crippen LogP contribution >= 0.6 is 0 Å². The van der Waals surface area contributed by atoms with Crippen LogP contribution in [0.3, 0.4) is 0 Å². The molecule has 4 heteroatoms. The highest BCUT2D eigenvalue weighted by Gasteiger charge is 2.21. The first-order valence-corrected chi connectivity index (χ1v) is 8.60. The van der Waals surface area contributed by atoms with E-state index in [1.54, 1.807) is 0 Å². The van der Waals surface area contributed by atoms with E-state index in [9.17, 15) is 4.79 Å². The number of nitrogens with one attached hydrogen (secondary N) is 2. The van der Waals surface area contributed by atoms with Crippen LogP contribution in [-0.2, 0) is 17.9 Å². The SMILES string of the molecule is O=C(NCc1ccc(CN2CCCCC2)cc1)C1CCNC1. The maximum atomic E-state index is 12.0. The lowest BCUT2D eigenvalue weighted by atomic mass is 10.1. The van der Waals surface area contributed by atoms with Crippen LogP contribution in [0.15, 0.2) is 24.3 Å². The number of nitrogens with zero attached hydrogens (tertiary/aromatic N) is 1. The molecular formula is C18H27N3O. The highest BCUT2D eigenvalue weighted by Crippen LogP contribution is 2.14. The Labute approximate surface area is 133 Å². The Balaban J connectivity index is 1.45. The third-order valence-electron chi connectivity index (χ3n) is 4.78. The first kappa shape index (κ1) is 15.5. The maximum absolute atomic E-state index is 12.0. The number of hydrogen-bond donors (Lipinski definition) is 2. The van der Waals surface area contributed by atoms with Gasteiger partial charge in [0.1, 0.15) is 0 Å². The minimum atomic E-state index is 0.151. The van der Waals surface area contributed by atoms with Gasteiger partial charge in [0.2, 0.25) is 5.91 Å². The largest absolute Gasteiger partial charge is 0.352 e. The molecule has 2 aliphatic rings. The molecule has 4 nitrogen and oxygen atoms in total. The number of carbonyl (C=O) groups is 1. The molecule has 22 heavy (non-hydrogen) atoms. The van der Waals surface area contributed by atoms with Gasteiger partial charge in [-0.05, 0) is 50.0 Å². The zero-order chi connectivity index (χ0) is 15.2. The molecule has 2 N–H and O–H groups in total. The summed E-state index contributed by atoms with van der Waals surface area (Å²) < 4.78 is 0. The number of hydrogen-bond acceptors (Lipinski definition) is 3. The van der Waals surface area contributed by atoms with Gasteiger partial charge in [-0.15, -0.1) is 0 Å². The summed E-state index contributed by atoms with van der Waals surface area (Å²) in [5, 5.41) is 6.28. The Morgan fingerprint density at radius 2 is 1.86 bits per heavy atom. The summed E-state index contributed by atoms with van der Waals surface area (Å²) in [6, 6.07) is 8.69. The van der Waals surface area contributed by atoms with Crippen molar-refractivity contribution in [2.24, 2.45) is 5.92 Å². The zero-order valence-corrected chi connectivity index (χ0v) is 13.3. The normalized spacial score (nSPS) is 22.6. The molecule has 2 aliphatic heterocycles. The highest BCUT2D eigenvalue weighted by molar-refractivity contribution is 5.79. The van der Waals surface area contributed by atoms with Crippen molar-refractivity contribution in [3.63, 3.8) is 0 Å². The van der Waals surface area contributed by atoms with E-state index < -0.39 is 0 Å². The Kier molecular flexibility index (Phi) is 5.46. The van der Waals surface area contributed by atoms with Crippen LogP contribution in [0.1, 0.15) is 36.8 Å². The molecule has 3 rings (SSSR count). The Morgan fingerprint density at radius 1 is 1.14 bits per heavy atom. The molecule has 1 atom stereocenters. The molecule has 0 bridgehead atoms. The van der Waals surface area contributed by atoms with Crippen molar-refractivity contribution < 1.29 is 4.79 Å². The van der Waals surface area contributed by atoms with Gasteiger partial charge in [-0.3, -0.25) is 9.69 Å². The summed E-state index contributed by atoms with van der Waals surface area (Å²) in [5.41, 5.74) is 2.55. The molecule has 0 aromatic heterocycles. The van der Waals surface area contributed by atoms with Crippen molar-refractivity contribution in [2.45, 2.75) is 38.8 Å². The summed E-state index contributed by atoms with van der Waals surface area (Å²) in [5.74, 6) is 0.334. The quantitative estimate of drug-likeness (QED) is 0.873. The number of rotatable bonds is 5. The maximum Gasteiger partial charge on any atom is 0.224 e. The molecule has 2 heterocycles. The van der Waals surface area contributed by atoms with Crippen molar-refractivity contribution in [1.82, 2.24) is 15.5 Å². The minimum absolute atomic E-state index is 0.151. The van der Waals surface area contributed by atoms with E-state index in [4.69, 9.17) is 0 Å². The lowest BCUT2D eigenvalue weighted by molar-refractivity contribution is -0.124. The second-order valence-electron chi connectivity index (χ2n) is 6.56. The predicted molar refractivity (Wildman–Crippen MR) is 88.4 cm³/mol. The third-order valence-corrected chi connectivity index (χ3v) is 4.78. The van der Waals surface area contributed by atoms with Gasteiger partial charge in [0, 0.05) is 19.6 Å². The van der Waals surface area contributed by atoms with E-state index in [1.165, 1.54) is 43.5 Å². The number of carbonyl (C=O) groups excluding carboxylic acids is 1. The molecule has 1 aromatic carbocycles. The van der Waals surface area contributed by atoms with Crippen molar-refractivity contribution in [3.8, 4) is 0 Å². The Morgan fingerprint density at radius 3 is 2.55 bits per heavy atom. The number of piperidine rings is 1. The van der Waals surface area contributed by atoms with Crippen molar-refractivity contribution in [1.29, 1.82) is 0 Å². The van der Waals surface area contributed by atoms with Crippen LogP contribution in [-0.4, -0.2) is 37.0 Å². The van der Waals surface area contributed by atoms with Crippen LogP contribution in [0, 0.1) is 5.92 Å². The highest BCUT2D eigenvalue weighted by atomic mass is 16.1. The van der Waals surface area contributed by atoms with Crippen LogP contribution in [0.5, 0.6) is 0 Å². The smallest absolute Gasteiger partial charge is 0.224 e. The predicted octanol–water partition coefficient (Wildman–Crippen LogP) is 1.90. The number of amides is 1. The average molecular weight is 301 g/mol. The van der Waals surface area contributed by atoms with Gasteiger partial charge in [0.15, 0.2) is 0 Å². The number of likely N-dealkylation sites (tertiary alicyclic amines) is 1. The van der Waals surface area contributed by atoms with E-state index in [0.717, 1.165) is 26.1 Å². The zero-order valence-electron chi connectivity index (χ0n) is 13.3. The Hall–Kier alpha value is -1.39. The van der Waals surface area contributed by atoms with E-state index in [0.29, 0.717) is 6.54 Å². The van der Waals surface area contributed by atoms with Gasteiger partial charge in [0.25, 0.3) is 0 Å². The van der Waals surface area contributed by atoms with Gasteiger partial charge >= 0.3 is 0 Å². The van der Waals surface area contributed by atoms with Crippen molar-refractivity contribution >= 4 is 5.91 Å². The third kappa shape index (κ3) is 4.31. The van der Waals surface area contributed by atoms with Gasteiger partial charge in [-0.25, -0.2) is 0 Å². The van der Waals surface area contributed by atoms with Crippen LogP contribution in [0.2, 0.25) is 0 Å². The fraction of sp³-hybridized carbons (Fsp3) is 0.611. The standard InChI is InChI=1S/C18H27N3O/c22-18(17-8-9-19-13-17)20-12-15-4-6-16(7-5-15)14-21-10-2-1-3-11-21/h4-7,17,19H,1-3,8-14H2,(H,20,22). The van der Waals surface area contributed by atoms with Crippen LogP contribution in [0.4, 0.5) is 0 Å². The molecule has 0 spiro atoms. The second-order valence-corrected chi connectivity index (χ2v) is 6.56. The second kappa shape index (κ2) is 7.75. The topological polar surface area (TPSA) is 44.4 Å². The summed E-state index contributed by atoms with van der Waals surface area (Å²) >= 11 is 0. The lowest BCUT2D eigenvalue weighted by Crippen LogP contribution is -2.31. The minimum Gasteiger partial charge on any atom is -0.352 e. The van der Waals surface area contributed by atoms with E-state index >= 15 is 0 Å². The van der Waals surface area contributed by atoms with E-state index in [2.05, 4.69) is 39.8 Å².